The van der Waals surface area contributed by atoms with Crippen LogP contribution in [0.1, 0.15) is 65.0 Å². The van der Waals surface area contributed by atoms with Crippen LogP contribution in [0.2, 0.25) is 0 Å². The number of aliphatic hydroxyl groups is 1. The van der Waals surface area contributed by atoms with E-state index in [9.17, 15) is 14.7 Å². The molecule has 2 saturated heterocycles. The number of aliphatic hydroxyl groups excluding tert-OH is 1. The molecule has 1 aromatic heterocycles. The van der Waals surface area contributed by atoms with Crippen LogP contribution in [0.4, 0.5) is 5.69 Å². The average molecular weight is 506 g/mol. The van der Waals surface area contributed by atoms with Gasteiger partial charge in [-0.1, -0.05) is 19.1 Å². The molecule has 198 valence electrons. The molecule has 2 atom stereocenters. The summed E-state index contributed by atoms with van der Waals surface area (Å²) in [4.78, 5) is 33.1. The van der Waals surface area contributed by atoms with Gasteiger partial charge in [0, 0.05) is 62.8 Å². The highest BCUT2D eigenvalue weighted by Gasteiger charge is 2.50. The SMILES string of the molecule is Cc1cccc(N2CCN(C(=O)Cn3nc(C(=O)N4CCC(C)(CO)CC4)c4c3C[C@H]3C[C@@H]43)CC2)c1C. The van der Waals surface area contributed by atoms with Crippen LogP contribution in [0, 0.1) is 25.2 Å². The van der Waals surface area contributed by atoms with Crippen LogP contribution in [0.15, 0.2) is 18.2 Å². The molecule has 2 aliphatic carbocycles. The lowest BCUT2D eigenvalue weighted by atomic mass is 9.81. The number of anilines is 1. The first-order valence-corrected chi connectivity index (χ1v) is 13.9. The zero-order valence-electron chi connectivity index (χ0n) is 22.4. The molecule has 8 nitrogen and oxygen atoms in total. The third-order valence-corrected chi connectivity index (χ3v) is 9.52. The Labute approximate surface area is 219 Å². The van der Waals surface area contributed by atoms with Gasteiger partial charge in [0.05, 0.1) is 0 Å². The number of likely N-dealkylation sites (tertiary alicyclic amines) is 1. The summed E-state index contributed by atoms with van der Waals surface area (Å²) in [5.41, 5.74) is 6.53. The highest BCUT2D eigenvalue weighted by Crippen LogP contribution is 2.57. The van der Waals surface area contributed by atoms with Crippen molar-refractivity contribution in [3.63, 3.8) is 0 Å². The Balaban J connectivity index is 1.13. The molecule has 3 heterocycles. The monoisotopic (exact) mass is 505 g/mol. The number of rotatable bonds is 5. The van der Waals surface area contributed by atoms with Crippen LogP contribution >= 0.6 is 0 Å². The first-order chi connectivity index (χ1) is 17.8. The summed E-state index contributed by atoms with van der Waals surface area (Å²) in [7, 11) is 0. The maximum Gasteiger partial charge on any atom is 0.274 e. The number of hydrogen-bond acceptors (Lipinski definition) is 5. The standard InChI is InChI=1S/C29H39N5O3/c1-19-5-4-6-23(20(19)2)31-11-13-32(14-12-31)25(36)17-34-24-16-21-15-22(21)26(24)27(30-34)28(37)33-9-7-29(3,18-35)8-10-33/h4-6,21-22,35H,7-18H2,1-3H3/t21-,22-/m1/s1. The van der Waals surface area contributed by atoms with Gasteiger partial charge in [-0.2, -0.15) is 5.10 Å². The van der Waals surface area contributed by atoms with Crippen molar-refractivity contribution in [2.45, 2.75) is 58.9 Å². The summed E-state index contributed by atoms with van der Waals surface area (Å²) in [5, 5.41) is 14.5. The number of hydrogen-bond donors (Lipinski definition) is 1. The summed E-state index contributed by atoms with van der Waals surface area (Å²) in [6.07, 6.45) is 3.67. The zero-order valence-corrected chi connectivity index (χ0v) is 22.4. The Hall–Kier alpha value is -2.87. The Morgan fingerprint density at radius 2 is 1.78 bits per heavy atom. The van der Waals surface area contributed by atoms with E-state index < -0.39 is 0 Å². The molecule has 0 spiro atoms. The number of carbonyl (C=O) groups is 2. The van der Waals surface area contributed by atoms with E-state index in [0.29, 0.717) is 43.7 Å². The minimum absolute atomic E-state index is 0.00266. The van der Waals surface area contributed by atoms with Gasteiger partial charge in [-0.25, -0.2) is 0 Å². The maximum absolute atomic E-state index is 13.5. The van der Waals surface area contributed by atoms with E-state index >= 15 is 0 Å². The quantitative estimate of drug-likeness (QED) is 0.676. The minimum atomic E-state index is -0.103. The van der Waals surface area contributed by atoms with Gasteiger partial charge in [-0.15, -0.1) is 0 Å². The largest absolute Gasteiger partial charge is 0.396 e. The molecule has 0 radical (unpaired) electrons. The predicted octanol–water partition coefficient (Wildman–Crippen LogP) is 2.74. The average Bonchev–Trinajstić information content (AvgIpc) is 3.44. The number of aromatic nitrogens is 2. The third kappa shape index (κ3) is 4.33. The second-order valence-electron chi connectivity index (χ2n) is 12.0. The fourth-order valence-electron chi connectivity index (χ4n) is 6.54. The van der Waals surface area contributed by atoms with Gasteiger partial charge in [0.2, 0.25) is 5.91 Å². The molecule has 0 bridgehead atoms. The lowest BCUT2D eigenvalue weighted by molar-refractivity contribution is -0.132. The Bertz CT molecular complexity index is 1220. The highest BCUT2D eigenvalue weighted by atomic mass is 16.3. The molecule has 37 heavy (non-hydrogen) atoms. The van der Waals surface area contributed by atoms with E-state index in [-0.39, 0.29) is 30.4 Å². The fraction of sp³-hybridized carbons (Fsp3) is 0.621. The fourth-order valence-corrected chi connectivity index (χ4v) is 6.54. The third-order valence-electron chi connectivity index (χ3n) is 9.52. The van der Waals surface area contributed by atoms with Crippen molar-refractivity contribution < 1.29 is 14.7 Å². The van der Waals surface area contributed by atoms with E-state index in [1.54, 1.807) is 0 Å². The molecule has 4 aliphatic rings. The lowest BCUT2D eigenvalue weighted by Gasteiger charge is -2.38. The maximum atomic E-state index is 13.5. The summed E-state index contributed by atoms with van der Waals surface area (Å²) < 4.78 is 1.84. The number of piperidine rings is 1. The van der Waals surface area contributed by atoms with Gasteiger partial charge >= 0.3 is 0 Å². The second-order valence-corrected chi connectivity index (χ2v) is 12.0. The second kappa shape index (κ2) is 9.15. The molecule has 1 aromatic carbocycles. The van der Waals surface area contributed by atoms with Crippen molar-refractivity contribution in [1.29, 1.82) is 0 Å². The van der Waals surface area contributed by atoms with Crippen molar-refractivity contribution >= 4 is 17.5 Å². The topological polar surface area (TPSA) is 81.9 Å². The Kier molecular flexibility index (Phi) is 6.05. The molecule has 1 saturated carbocycles. The number of carbonyl (C=O) groups excluding carboxylic acids is 2. The number of benzene rings is 1. The molecule has 3 fully saturated rings. The van der Waals surface area contributed by atoms with Crippen LogP contribution in [0.5, 0.6) is 0 Å². The Morgan fingerprint density at radius 3 is 2.49 bits per heavy atom. The number of amides is 2. The molecule has 2 amide bonds. The van der Waals surface area contributed by atoms with Crippen molar-refractivity contribution in [3.05, 3.63) is 46.3 Å². The van der Waals surface area contributed by atoms with E-state index in [1.807, 2.05) is 14.5 Å². The molecule has 6 rings (SSSR count). The summed E-state index contributed by atoms with van der Waals surface area (Å²) >= 11 is 0. The molecular weight excluding hydrogens is 466 g/mol. The van der Waals surface area contributed by atoms with Gasteiger partial charge in [0.1, 0.15) is 6.54 Å². The van der Waals surface area contributed by atoms with Crippen molar-refractivity contribution in [2.75, 3.05) is 50.8 Å². The molecular formula is C29H39N5O3. The normalized spacial score (nSPS) is 24.2. The van der Waals surface area contributed by atoms with Crippen molar-refractivity contribution in [3.8, 4) is 0 Å². The minimum Gasteiger partial charge on any atom is -0.396 e. The first-order valence-electron chi connectivity index (χ1n) is 13.9. The highest BCUT2D eigenvalue weighted by molar-refractivity contribution is 5.95. The summed E-state index contributed by atoms with van der Waals surface area (Å²) in [5.74, 6) is 1.13. The van der Waals surface area contributed by atoms with Crippen molar-refractivity contribution in [1.82, 2.24) is 19.6 Å². The number of fused-ring (bicyclic) bond motifs is 3. The van der Waals surface area contributed by atoms with E-state index in [0.717, 1.165) is 50.0 Å². The number of piperazine rings is 1. The summed E-state index contributed by atoms with van der Waals surface area (Å²) in [6, 6.07) is 6.41. The lowest BCUT2D eigenvalue weighted by Crippen LogP contribution is -2.50. The van der Waals surface area contributed by atoms with Gasteiger partial charge < -0.3 is 19.8 Å². The molecule has 1 N–H and O–H groups in total. The molecule has 2 aromatic rings. The molecule has 2 aliphatic heterocycles. The van der Waals surface area contributed by atoms with Crippen LogP contribution in [0.25, 0.3) is 0 Å². The smallest absolute Gasteiger partial charge is 0.274 e. The molecule has 0 unspecified atom stereocenters. The van der Waals surface area contributed by atoms with Gasteiger partial charge in [-0.05, 0) is 74.0 Å². The van der Waals surface area contributed by atoms with E-state index in [1.165, 1.54) is 16.8 Å². The van der Waals surface area contributed by atoms with Gasteiger partial charge in [-0.3, -0.25) is 14.3 Å². The van der Waals surface area contributed by atoms with Gasteiger partial charge in [0.25, 0.3) is 5.91 Å². The summed E-state index contributed by atoms with van der Waals surface area (Å²) in [6.45, 7) is 11.1. The van der Waals surface area contributed by atoms with Crippen LogP contribution in [0.3, 0.4) is 0 Å². The van der Waals surface area contributed by atoms with E-state index in [4.69, 9.17) is 5.10 Å². The van der Waals surface area contributed by atoms with Gasteiger partial charge in [0.15, 0.2) is 5.69 Å². The van der Waals surface area contributed by atoms with E-state index in [2.05, 4.69) is 43.9 Å². The zero-order chi connectivity index (χ0) is 25.9. The Morgan fingerprint density at radius 1 is 1.05 bits per heavy atom. The first kappa shape index (κ1) is 24.5. The van der Waals surface area contributed by atoms with Crippen LogP contribution in [-0.2, 0) is 17.8 Å². The predicted molar refractivity (Wildman–Crippen MR) is 142 cm³/mol. The number of nitrogens with zero attached hydrogens (tertiary/aromatic N) is 5. The van der Waals surface area contributed by atoms with Crippen LogP contribution < -0.4 is 4.90 Å². The van der Waals surface area contributed by atoms with Crippen molar-refractivity contribution in [2.24, 2.45) is 11.3 Å². The van der Waals surface area contributed by atoms with Crippen LogP contribution in [-0.4, -0.2) is 82.4 Å². The number of aryl methyl sites for hydroxylation is 1. The molecule has 8 heteroatoms.